The SMILES string of the molecule is COc1ccc(OC(C)N(CCCl)Cc2ccccc2)cc1.Cl. The van der Waals surface area contributed by atoms with Crippen molar-refractivity contribution in [3.05, 3.63) is 60.2 Å². The highest BCUT2D eigenvalue weighted by atomic mass is 35.5. The van der Waals surface area contributed by atoms with Gasteiger partial charge in [-0.2, -0.15) is 0 Å². The summed E-state index contributed by atoms with van der Waals surface area (Å²) in [5.41, 5.74) is 1.25. The van der Waals surface area contributed by atoms with Gasteiger partial charge in [0.1, 0.15) is 17.7 Å². The molecule has 23 heavy (non-hydrogen) atoms. The largest absolute Gasteiger partial charge is 0.497 e. The summed E-state index contributed by atoms with van der Waals surface area (Å²) >= 11 is 5.94. The third-order valence-corrected chi connectivity index (χ3v) is 3.65. The summed E-state index contributed by atoms with van der Waals surface area (Å²) in [5.74, 6) is 2.21. The van der Waals surface area contributed by atoms with Crippen LogP contribution in [-0.2, 0) is 6.54 Å². The molecule has 0 heterocycles. The molecule has 5 heteroatoms. The molecule has 2 aromatic carbocycles. The summed E-state index contributed by atoms with van der Waals surface area (Å²) in [4.78, 5) is 2.21. The van der Waals surface area contributed by atoms with Gasteiger partial charge in [-0.05, 0) is 36.8 Å². The summed E-state index contributed by atoms with van der Waals surface area (Å²) in [6.07, 6.45) is -0.0626. The van der Waals surface area contributed by atoms with Crippen LogP contribution in [0.1, 0.15) is 12.5 Å². The quantitative estimate of drug-likeness (QED) is 0.510. The monoisotopic (exact) mass is 355 g/mol. The summed E-state index contributed by atoms with van der Waals surface area (Å²) in [6, 6.07) is 17.9. The van der Waals surface area contributed by atoms with E-state index in [1.165, 1.54) is 5.56 Å². The molecule has 1 unspecified atom stereocenters. The second-order valence-electron chi connectivity index (χ2n) is 5.04. The van der Waals surface area contributed by atoms with Crippen LogP contribution in [0, 0.1) is 0 Å². The molecule has 0 N–H and O–H groups in total. The molecular weight excluding hydrogens is 333 g/mol. The Kier molecular flexibility index (Phi) is 8.85. The molecule has 0 aliphatic rings. The minimum Gasteiger partial charge on any atom is -0.497 e. The van der Waals surface area contributed by atoms with E-state index in [1.807, 2.05) is 49.4 Å². The molecule has 0 radical (unpaired) electrons. The molecule has 0 aliphatic heterocycles. The standard InChI is InChI=1S/C18H22ClNO2.ClH/c1-15(22-18-10-8-17(21-2)9-11-18)20(13-12-19)14-16-6-4-3-5-7-16;/h3-11,15H,12-14H2,1-2H3;1H. The first-order chi connectivity index (χ1) is 10.7. The van der Waals surface area contributed by atoms with Gasteiger partial charge in [0.2, 0.25) is 0 Å². The number of rotatable bonds is 8. The maximum atomic E-state index is 6.01. The first kappa shape index (κ1) is 19.6. The van der Waals surface area contributed by atoms with Crippen LogP contribution in [-0.4, -0.2) is 30.7 Å². The zero-order valence-corrected chi connectivity index (χ0v) is 15.0. The van der Waals surface area contributed by atoms with Crippen LogP contribution in [0.2, 0.25) is 0 Å². The van der Waals surface area contributed by atoms with Crippen LogP contribution in [0.4, 0.5) is 0 Å². The van der Waals surface area contributed by atoms with Gasteiger partial charge >= 0.3 is 0 Å². The van der Waals surface area contributed by atoms with Crippen molar-refractivity contribution in [1.29, 1.82) is 0 Å². The third-order valence-electron chi connectivity index (χ3n) is 3.48. The van der Waals surface area contributed by atoms with Crippen molar-refractivity contribution >= 4 is 24.0 Å². The molecular formula is C18H23Cl2NO2. The number of hydrogen-bond acceptors (Lipinski definition) is 3. The summed E-state index contributed by atoms with van der Waals surface area (Å²) in [6.45, 7) is 3.62. The van der Waals surface area contributed by atoms with Gasteiger partial charge in [-0.25, -0.2) is 0 Å². The van der Waals surface area contributed by atoms with Crippen molar-refractivity contribution in [2.75, 3.05) is 19.5 Å². The molecule has 2 rings (SSSR count). The smallest absolute Gasteiger partial charge is 0.150 e. The molecule has 0 aromatic heterocycles. The van der Waals surface area contributed by atoms with Gasteiger partial charge in [0.15, 0.2) is 0 Å². The Morgan fingerprint density at radius 1 is 1.00 bits per heavy atom. The first-order valence-corrected chi connectivity index (χ1v) is 7.91. The van der Waals surface area contributed by atoms with Crippen molar-refractivity contribution < 1.29 is 9.47 Å². The normalized spacial score (nSPS) is 11.7. The molecule has 3 nitrogen and oxygen atoms in total. The second kappa shape index (κ2) is 10.4. The van der Waals surface area contributed by atoms with E-state index in [4.69, 9.17) is 21.1 Å². The zero-order valence-electron chi connectivity index (χ0n) is 13.4. The Balaban J connectivity index is 0.00000264. The molecule has 0 saturated carbocycles. The van der Waals surface area contributed by atoms with Crippen LogP contribution in [0.3, 0.4) is 0 Å². The fourth-order valence-electron chi connectivity index (χ4n) is 2.24. The fourth-order valence-corrected chi connectivity index (χ4v) is 2.46. The van der Waals surface area contributed by atoms with E-state index in [1.54, 1.807) is 7.11 Å². The lowest BCUT2D eigenvalue weighted by Gasteiger charge is -2.29. The van der Waals surface area contributed by atoms with Crippen molar-refractivity contribution in [1.82, 2.24) is 4.90 Å². The maximum Gasteiger partial charge on any atom is 0.150 e. The van der Waals surface area contributed by atoms with E-state index in [-0.39, 0.29) is 18.6 Å². The topological polar surface area (TPSA) is 21.7 Å². The van der Waals surface area contributed by atoms with E-state index in [9.17, 15) is 0 Å². The lowest BCUT2D eigenvalue weighted by molar-refractivity contribution is 0.0382. The summed E-state index contributed by atoms with van der Waals surface area (Å²) in [5, 5.41) is 0. The number of methoxy groups -OCH3 is 1. The van der Waals surface area contributed by atoms with Crippen molar-refractivity contribution in [2.24, 2.45) is 0 Å². The lowest BCUT2D eigenvalue weighted by atomic mass is 10.2. The average Bonchev–Trinajstić information content (AvgIpc) is 2.56. The number of nitrogens with zero attached hydrogens (tertiary/aromatic N) is 1. The van der Waals surface area contributed by atoms with Gasteiger partial charge in [0.25, 0.3) is 0 Å². The Morgan fingerprint density at radius 2 is 1.61 bits per heavy atom. The van der Waals surface area contributed by atoms with Crippen molar-refractivity contribution in [3.8, 4) is 11.5 Å². The second-order valence-corrected chi connectivity index (χ2v) is 5.42. The molecule has 0 spiro atoms. The highest BCUT2D eigenvalue weighted by Gasteiger charge is 2.15. The van der Waals surface area contributed by atoms with E-state index >= 15 is 0 Å². The first-order valence-electron chi connectivity index (χ1n) is 7.37. The molecule has 2 aromatic rings. The summed E-state index contributed by atoms with van der Waals surface area (Å²) < 4.78 is 11.2. The van der Waals surface area contributed by atoms with Crippen LogP contribution in [0.15, 0.2) is 54.6 Å². The molecule has 126 valence electrons. The number of ether oxygens (including phenoxy) is 2. The highest BCUT2D eigenvalue weighted by Crippen LogP contribution is 2.19. The van der Waals surface area contributed by atoms with E-state index in [0.29, 0.717) is 5.88 Å². The summed E-state index contributed by atoms with van der Waals surface area (Å²) in [7, 11) is 1.65. The number of hydrogen-bond donors (Lipinski definition) is 0. The van der Waals surface area contributed by atoms with Gasteiger partial charge in [0, 0.05) is 19.0 Å². The Hall–Kier alpha value is -1.42. The van der Waals surface area contributed by atoms with E-state index in [2.05, 4.69) is 17.0 Å². The third kappa shape index (κ3) is 6.30. The molecule has 0 bridgehead atoms. The molecule has 0 fully saturated rings. The van der Waals surface area contributed by atoms with Gasteiger partial charge in [-0.15, -0.1) is 24.0 Å². The highest BCUT2D eigenvalue weighted by molar-refractivity contribution is 6.18. The minimum absolute atomic E-state index is 0. The Bertz CT molecular complexity index is 549. The van der Waals surface area contributed by atoms with E-state index < -0.39 is 0 Å². The van der Waals surface area contributed by atoms with Crippen LogP contribution in [0.5, 0.6) is 11.5 Å². The number of benzene rings is 2. The zero-order chi connectivity index (χ0) is 15.8. The van der Waals surface area contributed by atoms with Gasteiger partial charge in [-0.3, -0.25) is 4.90 Å². The van der Waals surface area contributed by atoms with Crippen LogP contribution in [0.25, 0.3) is 0 Å². The van der Waals surface area contributed by atoms with Crippen LogP contribution < -0.4 is 9.47 Å². The molecule has 1 atom stereocenters. The lowest BCUT2D eigenvalue weighted by Crippen LogP contribution is -2.38. The number of alkyl halides is 1. The van der Waals surface area contributed by atoms with Crippen molar-refractivity contribution in [2.45, 2.75) is 19.7 Å². The van der Waals surface area contributed by atoms with Crippen LogP contribution >= 0.6 is 24.0 Å². The fraction of sp³-hybridized carbons (Fsp3) is 0.333. The maximum absolute atomic E-state index is 6.01. The molecule has 0 amide bonds. The average molecular weight is 356 g/mol. The minimum atomic E-state index is -0.0626. The molecule has 0 saturated heterocycles. The van der Waals surface area contributed by atoms with Crippen molar-refractivity contribution in [3.63, 3.8) is 0 Å². The predicted octanol–water partition coefficient (Wildman–Crippen LogP) is 4.58. The van der Waals surface area contributed by atoms with Gasteiger partial charge < -0.3 is 9.47 Å². The van der Waals surface area contributed by atoms with Gasteiger partial charge in [0.05, 0.1) is 7.11 Å². The Morgan fingerprint density at radius 3 is 2.17 bits per heavy atom. The Labute approximate surface area is 149 Å². The van der Waals surface area contributed by atoms with Gasteiger partial charge in [-0.1, -0.05) is 30.3 Å². The number of halogens is 2. The molecule has 0 aliphatic carbocycles. The predicted molar refractivity (Wildman–Crippen MR) is 97.9 cm³/mol. The van der Waals surface area contributed by atoms with E-state index in [0.717, 1.165) is 24.6 Å².